The zero-order chi connectivity index (χ0) is 19.2. The van der Waals surface area contributed by atoms with Crippen molar-refractivity contribution in [2.45, 2.75) is 31.2 Å². The summed E-state index contributed by atoms with van der Waals surface area (Å²) in [5.74, 6) is 1.56. The molecule has 2 saturated heterocycles. The van der Waals surface area contributed by atoms with E-state index in [-0.39, 0.29) is 10.9 Å². The number of nitrogens with zero attached hydrogens (tertiary/aromatic N) is 4. The van der Waals surface area contributed by atoms with Gasteiger partial charge in [0.25, 0.3) is 0 Å². The molecule has 144 valence electrons. The SMILES string of the molecule is COc1ccccc1S(=O)(=O)N1CCC2CN(c3nc(C)cc(C)n3)C2C1. The van der Waals surface area contributed by atoms with Gasteiger partial charge in [0.15, 0.2) is 0 Å². The molecule has 2 fully saturated rings. The number of aryl methyl sites for hydroxylation is 2. The Hall–Kier alpha value is -2.19. The van der Waals surface area contributed by atoms with Crippen LogP contribution < -0.4 is 9.64 Å². The minimum atomic E-state index is -3.61. The molecule has 0 amide bonds. The summed E-state index contributed by atoms with van der Waals surface area (Å²) < 4.78 is 33.2. The molecule has 7 nitrogen and oxygen atoms in total. The monoisotopic (exact) mass is 388 g/mol. The van der Waals surface area contributed by atoms with Gasteiger partial charge in [0.2, 0.25) is 16.0 Å². The van der Waals surface area contributed by atoms with E-state index in [0.29, 0.717) is 30.7 Å². The third-order valence-electron chi connectivity index (χ3n) is 5.43. The number of benzene rings is 1. The molecule has 2 unspecified atom stereocenters. The van der Waals surface area contributed by atoms with E-state index >= 15 is 0 Å². The first-order valence-electron chi connectivity index (χ1n) is 9.12. The fourth-order valence-electron chi connectivity index (χ4n) is 4.02. The summed E-state index contributed by atoms with van der Waals surface area (Å²) in [6.07, 6.45) is 0.848. The number of rotatable bonds is 4. The molecule has 0 saturated carbocycles. The molecule has 27 heavy (non-hydrogen) atoms. The van der Waals surface area contributed by atoms with E-state index in [4.69, 9.17) is 4.74 Å². The average molecular weight is 388 g/mol. The molecule has 3 heterocycles. The number of hydrogen-bond acceptors (Lipinski definition) is 6. The number of aromatic nitrogens is 2. The van der Waals surface area contributed by atoms with E-state index in [9.17, 15) is 8.42 Å². The first kappa shape index (κ1) is 18.2. The van der Waals surface area contributed by atoms with Crippen molar-refractivity contribution in [3.05, 3.63) is 41.7 Å². The highest BCUT2D eigenvalue weighted by molar-refractivity contribution is 7.89. The Balaban J connectivity index is 1.59. The highest BCUT2D eigenvalue weighted by Gasteiger charge is 2.46. The van der Waals surface area contributed by atoms with E-state index in [1.165, 1.54) is 7.11 Å². The van der Waals surface area contributed by atoms with E-state index in [2.05, 4.69) is 14.9 Å². The Bertz CT molecular complexity index is 943. The lowest BCUT2D eigenvalue weighted by Crippen LogP contribution is -2.65. The van der Waals surface area contributed by atoms with Crippen LogP contribution in [-0.2, 0) is 10.0 Å². The van der Waals surface area contributed by atoms with Crippen molar-refractivity contribution in [3.63, 3.8) is 0 Å². The van der Waals surface area contributed by atoms with Gasteiger partial charge in [-0.1, -0.05) is 12.1 Å². The molecule has 0 N–H and O–H groups in total. The van der Waals surface area contributed by atoms with Crippen molar-refractivity contribution in [2.24, 2.45) is 5.92 Å². The Morgan fingerprint density at radius 3 is 2.52 bits per heavy atom. The Labute approximate surface area is 160 Å². The number of anilines is 1. The van der Waals surface area contributed by atoms with Crippen molar-refractivity contribution in [1.29, 1.82) is 0 Å². The predicted octanol–water partition coefficient (Wildman–Crippen LogP) is 2.00. The largest absolute Gasteiger partial charge is 0.495 e. The van der Waals surface area contributed by atoms with Crippen LogP contribution in [0, 0.1) is 19.8 Å². The highest BCUT2D eigenvalue weighted by Crippen LogP contribution is 2.37. The van der Waals surface area contributed by atoms with Crippen LogP contribution in [-0.4, -0.2) is 55.5 Å². The van der Waals surface area contributed by atoms with Crippen molar-refractivity contribution in [2.75, 3.05) is 31.6 Å². The first-order chi connectivity index (χ1) is 12.9. The van der Waals surface area contributed by atoms with E-state index in [1.807, 2.05) is 19.9 Å². The standard InChI is InChI=1S/C19H24N4O3S/c1-13-10-14(2)21-19(20-13)23-11-15-8-9-22(12-16(15)23)27(24,25)18-7-5-4-6-17(18)26-3/h4-7,10,15-16H,8-9,11-12H2,1-3H3. The second kappa shape index (κ2) is 6.76. The summed E-state index contributed by atoms with van der Waals surface area (Å²) in [5, 5.41) is 0. The van der Waals surface area contributed by atoms with Crippen LogP contribution in [0.25, 0.3) is 0 Å². The Morgan fingerprint density at radius 2 is 1.81 bits per heavy atom. The Kier molecular flexibility index (Phi) is 4.55. The third kappa shape index (κ3) is 3.17. The van der Waals surface area contributed by atoms with Gasteiger partial charge in [-0.05, 0) is 44.4 Å². The lowest BCUT2D eigenvalue weighted by Gasteiger charge is -2.53. The van der Waals surface area contributed by atoms with Gasteiger partial charge in [-0.25, -0.2) is 18.4 Å². The van der Waals surface area contributed by atoms with Crippen molar-refractivity contribution in [1.82, 2.24) is 14.3 Å². The van der Waals surface area contributed by atoms with Crippen LogP contribution >= 0.6 is 0 Å². The number of hydrogen-bond donors (Lipinski definition) is 0. The van der Waals surface area contributed by atoms with Crippen LogP contribution in [0.2, 0.25) is 0 Å². The van der Waals surface area contributed by atoms with Crippen LogP contribution in [0.5, 0.6) is 5.75 Å². The number of methoxy groups -OCH3 is 1. The number of fused-ring (bicyclic) bond motifs is 1. The molecular weight excluding hydrogens is 364 g/mol. The maximum Gasteiger partial charge on any atom is 0.246 e. The van der Waals surface area contributed by atoms with Crippen LogP contribution in [0.15, 0.2) is 35.2 Å². The molecule has 1 aromatic heterocycles. The molecule has 1 aromatic carbocycles. The maximum absolute atomic E-state index is 13.2. The summed E-state index contributed by atoms with van der Waals surface area (Å²) in [6, 6.07) is 8.84. The zero-order valence-corrected chi connectivity index (χ0v) is 16.6. The molecule has 2 atom stereocenters. The van der Waals surface area contributed by atoms with Crippen LogP contribution in [0.3, 0.4) is 0 Å². The van der Waals surface area contributed by atoms with Crippen molar-refractivity contribution < 1.29 is 13.2 Å². The maximum atomic E-state index is 13.2. The molecule has 8 heteroatoms. The van der Waals surface area contributed by atoms with Gasteiger partial charge in [-0.3, -0.25) is 0 Å². The Morgan fingerprint density at radius 1 is 1.11 bits per heavy atom. The number of sulfonamides is 1. The minimum absolute atomic E-state index is 0.115. The molecule has 2 aromatic rings. The van der Waals surface area contributed by atoms with Crippen LogP contribution in [0.1, 0.15) is 17.8 Å². The molecule has 0 spiro atoms. The topological polar surface area (TPSA) is 75.6 Å². The van der Waals surface area contributed by atoms with E-state index in [1.54, 1.807) is 28.6 Å². The van der Waals surface area contributed by atoms with Gasteiger partial charge in [0, 0.05) is 31.0 Å². The van der Waals surface area contributed by atoms with Gasteiger partial charge in [-0.2, -0.15) is 4.31 Å². The van der Waals surface area contributed by atoms with Crippen LogP contribution in [0.4, 0.5) is 5.95 Å². The fourth-order valence-corrected chi connectivity index (χ4v) is 5.65. The third-order valence-corrected chi connectivity index (χ3v) is 7.33. The summed E-state index contributed by atoms with van der Waals surface area (Å²) >= 11 is 0. The number of para-hydroxylation sites is 1. The molecule has 0 aliphatic carbocycles. The summed E-state index contributed by atoms with van der Waals surface area (Å²) in [5.41, 5.74) is 1.85. The van der Waals surface area contributed by atoms with Crippen molar-refractivity contribution in [3.8, 4) is 5.75 Å². The normalized spacial score (nSPS) is 22.9. The molecule has 4 rings (SSSR count). The van der Waals surface area contributed by atoms with Gasteiger partial charge in [0.05, 0.1) is 13.2 Å². The quantitative estimate of drug-likeness (QED) is 0.797. The average Bonchev–Trinajstić information content (AvgIpc) is 2.61. The van der Waals surface area contributed by atoms with E-state index in [0.717, 1.165) is 24.4 Å². The highest BCUT2D eigenvalue weighted by atomic mass is 32.2. The summed E-state index contributed by atoms with van der Waals surface area (Å²) in [6.45, 7) is 5.77. The fraction of sp³-hybridized carbons (Fsp3) is 0.474. The molecule has 2 aliphatic heterocycles. The predicted molar refractivity (Wildman–Crippen MR) is 102 cm³/mol. The smallest absolute Gasteiger partial charge is 0.246 e. The van der Waals surface area contributed by atoms with Gasteiger partial charge >= 0.3 is 0 Å². The molecule has 0 radical (unpaired) electrons. The van der Waals surface area contributed by atoms with Gasteiger partial charge < -0.3 is 9.64 Å². The lowest BCUT2D eigenvalue weighted by molar-refractivity contribution is 0.168. The number of piperidine rings is 1. The second-order valence-electron chi connectivity index (χ2n) is 7.23. The second-order valence-corrected chi connectivity index (χ2v) is 9.14. The van der Waals surface area contributed by atoms with Crippen molar-refractivity contribution >= 4 is 16.0 Å². The summed E-state index contributed by atoms with van der Waals surface area (Å²) in [7, 11) is -2.12. The first-order valence-corrected chi connectivity index (χ1v) is 10.6. The molecular formula is C19H24N4O3S. The lowest BCUT2D eigenvalue weighted by atomic mass is 9.83. The summed E-state index contributed by atoms with van der Waals surface area (Å²) in [4.78, 5) is 11.4. The van der Waals surface area contributed by atoms with Gasteiger partial charge in [-0.15, -0.1) is 0 Å². The van der Waals surface area contributed by atoms with E-state index < -0.39 is 10.0 Å². The number of ether oxygens (including phenoxy) is 1. The van der Waals surface area contributed by atoms with Gasteiger partial charge in [0.1, 0.15) is 10.6 Å². The minimum Gasteiger partial charge on any atom is -0.495 e. The molecule has 0 bridgehead atoms. The zero-order valence-electron chi connectivity index (χ0n) is 15.8. The molecule has 2 aliphatic rings.